The second-order valence-corrected chi connectivity index (χ2v) is 9.47. The number of amides is 1. The molecule has 1 amide bonds. The van der Waals surface area contributed by atoms with Gasteiger partial charge < -0.3 is 10.1 Å². The van der Waals surface area contributed by atoms with Crippen molar-refractivity contribution in [2.45, 2.75) is 24.0 Å². The molecule has 0 unspecified atom stereocenters. The standard InChI is InChI=1S/C19H24N2O5S2/c1-15-5-7-16(8-6-15)9-10-17(22)20-11-12-26-18(23)14-21(2)28(24,25)19-4-3-13-27-19/h3-8,13H,9-12,14H2,1-2H3,(H,20,22). The van der Waals surface area contributed by atoms with Crippen molar-refractivity contribution >= 4 is 33.2 Å². The van der Waals surface area contributed by atoms with Gasteiger partial charge in [-0.25, -0.2) is 8.42 Å². The van der Waals surface area contributed by atoms with Gasteiger partial charge in [0.2, 0.25) is 5.91 Å². The van der Waals surface area contributed by atoms with Crippen LogP contribution in [0.1, 0.15) is 17.5 Å². The lowest BCUT2D eigenvalue weighted by Gasteiger charge is -2.15. The van der Waals surface area contributed by atoms with Crippen LogP contribution < -0.4 is 5.32 Å². The fourth-order valence-corrected chi connectivity index (χ4v) is 4.65. The van der Waals surface area contributed by atoms with Gasteiger partial charge in [-0.15, -0.1) is 11.3 Å². The highest BCUT2D eigenvalue weighted by molar-refractivity contribution is 7.91. The van der Waals surface area contributed by atoms with Crippen LogP contribution in [0.5, 0.6) is 0 Å². The molecule has 1 aromatic carbocycles. The summed E-state index contributed by atoms with van der Waals surface area (Å²) in [7, 11) is -2.37. The number of hydrogen-bond acceptors (Lipinski definition) is 6. The maximum Gasteiger partial charge on any atom is 0.321 e. The molecule has 2 rings (SSSR count). The van der Waals surface area contributed by atoms with Crippen LogP contribution in [0.2, 0.25) is 0 Å². The Labute approximate surface area is 169 Å². The monoisotopic (exact) mass is 424 g/mol. The number of sulfonamides is 1. The summed E-state index contributed by atoms with van der Waals surface area (Å²) in [6.45, 7) is 1.79. The second-order valence-electron chi connectivity index (χ2n) is 6.25. The molecular formula is C19H24N2O5S2. The zero-order valence-electron chi connectivity index (χ0n) is 15.9. The lowest BCUT2D eigenvalue weighted by molar-refractivity contribution is -0.143. The minimum absolute atomic E-state index is 0.0119. The number of aryl methyl sites for hydroxylation is 2. The van der Waals surface area contributed by atoms with E-state index in [-0.39, 0.29) is 29.8 Å². The minimum Gasteiger partial charge on any atom is -0.463 e. The van der Waals surface area contributed by atoms with Crippen molar-refractivity contribution in [2.24, 2.45) is 0 Å². The summed E-state index contributed by atoms with van der Waals surface area (Å²) in [6, 6.07) is 11.1. The predicted molar refractivity (Wildman–Crippen MR) is 108 cm³/mol. The van der Waals surface area contributed by atoms with Gasteiger partial charge in [0.25, 0.3) is 10.0 Å². The molecule has 152 valence electrons. The number of carbonyl (C=O) groups is 2. The lowest BCUT2D eigenvalue weighted by Crippen LogP contribution is -2.34. The Hall–Kier alpha value is -2.23. The first-order valence-corrected chi connectivity index (χ1v) is 11.1. The predicted octanol–water partition coefficient (Wildman–Crippen LogP) is 1.97. The van der Waals surface area contributed by atoms with Gasteiger partial charge in [-0.3, -0.25) is 9.59 Å². The van der Waals surface area contributed by atoms with E-state index in [1.54, 1.807) is 11.4 Å². The molecule has 0 saturated carbocycles. The Bertz CT molecular complexity index is 878. The Morgan fingerprint density at radius 3 is 2.54 bits per heavy atom. The van der Waals surface area contributed by atoms with E-state index < -0.39 is 16.0 Å². The third kappa shape index (κ3) is 6.74. The van der Waals surface area contributed by atoms with Crippen molar-refractivity contribution in [3.05, 3.63) is 52.9 Å². The molecule has 0 radical (unpaired) electrons. The maximum absolute atomic E-state index is 12.2. The van der Waals surface area contributed by atoms with Crippen molar-refractivity contribution in [3.8, 4) is 0 Å². The molecule has 0 atom stereocenters. The molecule has 0 aliphatic carbocycles. The largest absolute Gasteiger partial charge is 0.463 e. The van der Waals surface area contributed by atoms with Crippen LogP contribution in [-0.4, -0.2) is 51.3 Å². The number of nitrogens with zero attached hydrogens (tertiary/aromatic N) is 1. The van der Waals surface area contributed by atoms with Gasteiger partial charge in [0.15, 0.2) is 0 Å². The number of carbonyl (C=O) groups excluding carboxylic acids is 2. The molecule has 0 fully saturated rings. The molecule has 0 spiro atoms. The minimum atomic E-state index is -3.69. The van der Waals surface area contributed by atoms with E-state index in [0.717, 1.165) is 21.2 Å². The van der Waals surface area contributed by atoms with Crippen LogP contribution in [0.15, 0.2) is 46.0 Å². The van der Waals surface area contributed by atoms with E-state index in [9.17, 15) is 18.0 Å². The number of esters is 1. The zero-order valence-corrected chi connectivity index (χ0v) is 17.5. The third-order valence-corrected chi connectivity index (χ3v) is 7.14. The van der Waals surface area contributed by atoms with Gasteiger partial charge in [0.1, 0.15) is 17.4 Å². The molecule has 0 aliphatic rings. The van der Waals surface area contributed by atoms with Crippen molar-refractivity contribution in [1.29, 1.82) is 0 Å². The van der Waals surface area contributed by atoms with Crippen LogP contribution >= 0.6 is 11.3 Å². The second kappa shape index (κ2) is 10.4. The molecular weight excluding hydrogens is 400 g/mol. The highest BCUT2D eigenvalue weighted by Gasteiger charge is 2.24. The fraction of sp³-hybridized carbons (Fsp3) is 0.368. The highest BCUT2D eigenvalue weighted by Crippen LogP contribution is 2.19. The molecule has 1 N–H and O–H groups in total. The van der Waals surface area contributed by atoms with Gasteiger partial charge in [0, 0.05) is 13.5 Å². The van der Waals surface area contributed by atoms with E-state index in [1.165, 1.54) is 18.7 Å². The number of nitrogens with one attached hydrogen (secondary N) is 1. The van der Waals surface area contributed by atoms with Gasteiger partial charge >= 0.3 is 5.97 Å². The van der Waals surface area contributed by atoms with Gasteiger partial charge in [0.05, 0.1) is 6.54 Å². The maximum atomic E-state index is 12.2. The molecule has 1 aromatic heterocycles. The van der Waals surface area contributed by atoms with Crippen LogP contribution in [-0.2, 0) is 30.8 Å². The molecule has 0 bridgehead atoms. The van der Waals surface area contributed by atoms with Crippen LogP contribution in [0.3, 0.4) is 0 Å². The Morgan fingerprint density at radius 1 is 1.18 bits per heavy atom. The topological polar surface area (TPSA) is 92.8 Å². The molecule has 0 aliphatic heterocycles. The summed E-state index contributed by atoms with van der Waals surface area (Å²) < 4.78 is 30.6. The lowest BCUT2D eigenvalue weighted by atomic mass is 10.1. The first-order chi connectivity index (χ1) is 13.3. The van der Waals surface area contributed by atoms with E-state index in [2.05, 4.69) is 5.32 Å². The first-order valence-electron chi connectivity index (χ1n) is 8.77. The number of thiophene rings is 1. The van der Waals surface area contributed by atoms with Crippen molar-refractivity contribution in [2.75, 3.05) is 26.7 Å². The van der Waals surface area contributed by atoms with E-state index in [1.807, 2.05) is 31.2 Å². The number of rotatable bonds is 10. The normalized spacial score (nSPS) is 11.4. The third-order valence-electron chi connectivity index (χ3n) is 3.96. The van der Waals surface area contributed by atoms with Crippen LogP contribution in [0.4, 0.5) is 0 Å². The fourth-order valence-electron chi connectivity index (χ4n) is 2.33. The summed E-state index contributed by atoms with van der Waals surface area (Å²) in [4.78, 5) is 23.6. The van der Waals surface area contributed by atoms with Crippen molar-refractivity contribution in [1.82, 2.24) is 9.62 Å². The quantitative estimate of drug-likeness (QED) is 0.465. The number of hydrogen-bond donors (Lipinski definition) is 1. The van der Waals surface area contributed by atoms with Gasteiger partial charge in [-0.05, 0) is 30.4 Å². The summed E-state index contributed by atoms with van der Waals surface area (Å²) in [6.07, 6.45) is 0.982. The van der Waals surface area contributed by atoms with E-state index in [4.69, 9.17) is 4.74 Å². The first kappa shape index (κ1) is 22.1. The molecule has 1 heterocycles. The average molecular weight is 425 g/mol. The smallest absolute Gasteiger partial charge is 0.321 e. The van der Waals surface area contributed by atoms with Gasteiger partial charge in [-0.2, -0.15) is 4.31 Å². The van der Waals surface area contributed by atoms with Crippen molar-refractivity contribution < 1.29 is 22.7 Å². The summed E-state index contributed by atoms with van der Waals surface area (Å²) in [5, 5.41) is 4.33. The molecule has 0 saturated heterocycles. The van der Waals surface area contributed by atoms with Crippen LogP contribution in [0.25, 0.3) is 0 Å². The zero-order chi connectivity index (χ0) is 20.6. The van der Waals surface area contributed by atoms with Gasteiger partial charge in [-0.1, -0.05) is 35.9 Å². The summed E-state index contributed by atoms with van der Waals surface area (Å²) in [5.41, 5.74) is 2.26. The molecule has 7 nitrogen and oxygen atoms in total. The highest BCUT2D eigenvalue weighted by atomic mass is 32.2. The summed E-state index contributed by atoms with van der Waals surface area (Å²) in [5.74, 6) is -0.800. The summed E-state index contributed by atoms with van der Waals surface area (Å²) >= 11 is 1.08. The van der Waals surface area contributed by atoms with E-state index in [0.29, 0.717) is 12.8 Å². The average Bonchev–Trinajstić information content (AvgIpc) is 3.20. The SMILES string of the molecule is Cc1ccc(CCC(=O)NCCOC(=O)CN(C)S(=O)(=O)c2cccs2)cc1. The van der Waals surface area contributed by atoms with Crippen molar-refractivity contribution in [3.63, 3.8) is 0 Å². The molecule has 2 aromatic rings. The Kier molecular flexibility index (Phi) is 8.16. The number of ether oxygens (including phenoxy) is 1. The number of benzene rings is 1. The Morgan fingerprint density at radius 2 is 1.89 bits per heavy atom. The Balaban J connectivity index is 1.64. The molecule has 9 heteroatoms. The van der Waals surface area contributed by atoms with E-state index >= 15 is 0 Å². The number of likely N-dealkylation sites (N-methyl/N-ethyl adjacent to an activating group) is 1. The molecule has 28 heavy (non-hydrogen) atoms. The van der Waals surface area contributed by atoms with Crippen LogP contribution in [0, 0.1) is 6.92 Å².